The molecule has 2 atom stereocenters. The molecule has 0 bridgehead atoms. The lowest BCUT2D eigenvalue weighted by atomic mass is 10.1. The van der Waals surface area contributed by atoms with Gasteiger partial charge >= 0.3 is 0 Å². The van der Waals surface area contributed by atoms with E-state index in [-0.39, 0.29) is 0 Å². The van der Waals surface area contributed by atoms with Crippen molar-refractivity contribution in [2.45, 2.75) is 59.7 Å². The van der Waals surface area contributed by atoms with Gasteiger partial charge in [0.05, 0.1) is 12.2 Å². The minimum Gasteiger partial charge on any atom is -0.367 e. The summed E-state index contributed by atoms with van der Waals surface area (Å²) >= 11 is 0. The molecule has 0 fully saturated rings. The molecule has 2 nitrogen and oxygen atoms in total. The standard InChI is InChI=1S/C12H23NO.C2H6/c1-5-7-13(4)8-6-12-9-10(2)11(3)14-12;1-2/h9,11-12H,5-8H2,1-4H3;1-2H3. The molecule has 2 unspecified atom stereocenters. The van der Waals surface area contributed by atoms with Crippen LogP contribution in [0, 0.1) is 0 Å². The van der Waals surface area contributed by atoms with Crippen LogP contribution in [0.15, 0.2) is 11.6 Å². The van der Waals surface area contributed by atoms with Gasteiger partial charge in [-0.3, -0.25) is 0 Å². The van der Waals surface area contributed by atoms with Crippen LogP contribution in [0.4, 0.5) is 0 Å². The number of rotatable bonds is 5. The van der Waals surface area contributed by atoms with E-state index in [1.807, 2.05) is 13.8 Å². The Morgan fingerprint density at radius 2 is 1.94 bits per heavy atom. The Labute approximate surface area is 102 Å². The van der Waals surface area contributed by atoms with Crippen LogP contribution in [0.25, 0.3) is 0 Å². The topological polar surface area (TPSA) is 12.5 Å². The summed E-state index contributed by atoms with van der Waals surface area (Å²) in [4.78, 5) is 2.37. The molecule has 0 N–H and O–H groups in total. The van der Waals surface area contributed by atoms with Gasteiger partial charge in [-0.05, 0) is 45.9 Å². The summed E-state index contributed by atoms with van der Waals surface area (Å²) in [7, 11) is 2.18. The first-order chi connectivity index (χ1) is 7.63. The van der Waals surface area contributed by atoms with E-state index in [9.17, 15) is 0 Å². The maximum absolute atomic E-state index is 5.78. The third-order valence-corrected chi connectivity index (χ3v) is 2.87. The quantitative estimate of drug-likeness (QED) is 0.667. The average Bonchev–Trinajstić information content (AvgIpc) is 2.59. The SMILES string of the molecule is CC.CCCN(C)CCC1C=C(C)C(C)O1. The normalized spacial score (nSPS) is 24.1. The smallest absolute Gasteiger partial charge is 0.0779 e. The minimum atomic E-state index is 0.330. The summed E-state index contributed by atoms with van der Waals surface area (Å²) in [6.45, 7) is 12.8. The monoisotopic (exact) mass is 227 g/mol. The Hall–Kier alpha value is -0.340. The molecule has 0 aliphatic carbocycles. The molecule has 0 saturated carbocycles. The lowest BCUT2D eigenvalue weighted by Gasteiger charge is -2.18. The van der Waals surface area contributed by atoms with Gasteiger partial charge in [0.1, 0.15) is 0 Å². The molecule has 1 rings (SSSR count). The fourth-order valence-electron chi connectivity index (χ4n) is 1.83. The van der Waals surface area contributed by atoms with Crippen LogP contribution < -0.4 is 0 Å². The summed E-state index contributed by atoms with van der Waals surface area (Å²) in [5.41, 5.74) is 1.38. The van der Waals surface area contributed by atoms with Crippen LogP contribution in [0.5, 0.6) is 0 Å². The first kappa shape index (κ1) is 15.7. The van der Waals surface area contributed by atoms with Crippen molar-refractivity contribution in [2.24, 2.45) is 0 Å². The van der Waals surface area contributed by atoms with Crippen LogP contribution in [0.2, 0.25) is 0 Å². The molecular formula is C14H29NO. The zero-order chi connectivity index (χ0) is 12.6. The zero-order valence-corrected chi connectivity index (χ0v) is 11.9. The van der Waals surface area contributed by atoms with Crippen molar-refractivity contribution in [3.63, 3.8) is 0 Å². The molecule has 0 saturated heterocycles. The molecule has 0 amide bonds. The Morgan fingerprint density at radius 3 is 2.38 bits per heavy atom. The Balaban J connectivity index is 0.00000106. The lowest BCUT2D eigenvalue weighted by molar-refractivity contribution is 0.0571. The van der Waals surface area contributed by atoms with Crippen LogP contribution in [-0.4, -0.2) is 37.2 Å². The van der Waals surface area contributed by atoms with Gasteiger partial charge in [-0.2, -0.15) is 0 Å². The summed E-state index contributed by atoms with van der Waals surface area (Å²) in [6, 6.07) is 0. The molecule has 0 aromatic rings. The van der Waals surface area contributed by atoms with E-state index in [2.05, 4.69) is 38.8 Å². The van der Waals surface area contributed by atoms with E-state index in [1.165, 1.54) is 18.5 Å². The molecule has 0 spiro atoms. The van der Waals surface area contributed by atoms with Crippen LogP contribution in [-0.2, 0) is 4.74 Å². The fourth-order valence-corrected chi connectivity index (χ4v) is 1.83. The Bertz CT molecular complexity index is 201. The summed E-state index contributed by atoms with van der Waals surface area (Å²) in [6.07, 6.45) is 5.30. The zero-order valence-electron chi connectivity index (χ0n) is 11.9. The van der Waals surface area contributed by atoms with Gasteiger partial charge in [0.25, 0.3) is 0 Å². The molecule has 0 radical (unpaired) electrons. The van der Waals surface area contributed by atoms with Gasteiger partial charge in [-0.25, -0.2) is 0 Å². The Kier molecular flexibility index (Phi) is 8.58. The maximum Gasteiger partial charge on any atom is 0.0779 e. The predicted molar refractivity (Wildman–Crippen MR) is 71.8 cm³/mol. The minimum absolute atomic E-state index is 0.330. The number of hydrogen-bond acceptors (Lipinski definition) is 2. The highest BCUT2D eigenvalue weighted by Crippen LogP contribution is 2.20. The highest BCUT2D eigenvalue weighted by Gasteiger charge is 2.20. The van der Waals surface area contributed by atoms with Gasteiger partial charge in [0.15, 0.2) is 0 Å². The second-order valence-corrected chi connectivity index (χ2v) is 4.32. The van der Waals surface area contributed by atoms with E-state index >= 15 is 0 Å². The first-order valence-electron chi connectivity index (χ1n) is 6.65. The van der Waals surface area contributed by atoms with E-state index in [1.54, 1.807) is 0 Å². The molecular weight excluding hydrogens is 198 g/mol. The van der Waals surface area contributed by atoms with Gasteiger partial charge in [0, 0.05) is 6.54 Å². The largest absolute Gasteiger partial charge is 0.367 e. The predicted octanol–water partition coefficient (Wildman–Crippen LogP) is 3.48. The molecule has 1 aliphatic rings. The average molecular weight is 227 g/mol. The second kappa shape index (κ2) is 8.77. The number of nitrogens with zero attached hydrogens (tertiary/aromatic N) is 1. The fraction of sp³-hybridized carbons (Fsp3) is 0.857. The van der Waals surface area contributed by atoms with Crippen LogP contribution >= 0.6 is 0 Å². The summed E-state index contributed by atoms with van der Waals surface area (Å²) in [5, 5.41) is 0. The van der Waals surface area contributed by atoms with Crippen molar-refractivity contribution < 1.29 is 4.74 Å². The Morgan fingerprint density at radius 1 is 1.31 bits per heavy atom. The van der Waals surface area contributed by atoms with E-state index < -0.39 is 0 Å². The van der Waals surface area contributed by atoms with Gasteiger partial charge in [0.2, 0.25) is 0 Å². The number of hydrogen-bond donors (Lipinski definition) is 0. The maximum atomic E-state index is 5.78. The van der Waals surface area contributed by atoms with Crippen molar-refractivity contribution in [1.29, 1.82) is 0 Å². The van der Waals surface area contributed by atoms with Gasteiger partial charge in [-0.1, -0.05) is 26.8 Å². The van der Waals surface area contributed by atoms with Gasteiger partial charge < -0.3 is 9.64 Å². The second-order valence-electron chi connectivity index (χ2n) is 4.32. The van der Waals surface area contributed by atoms with Crippen molar-refractivity contribution >= 4 is 0 Å². The molecule has 1 heterocycles. The van der Waals surface area contributed by atoms with Crippen molar-refractivity contribution in [1.82, 2.24) is 4.90 Å². The van der Waals surface area contributed by atoms with Crippen molar-refractivity contribution in [2.75, 3.05) is 20.1 Å². The van der Waals surface area contributed by atoms with Crippen molar-refractivity contribution in [3.05, 3.63) is 11.6 Å². The van der Waals surface area contributed by atoms with Gasteiger partial charge in [-0.15, -0.1) is 0 Å². The molecule has 0 aromatic carbocycles. The highest BCUT2D eigenvalue weighted by molar-refractivity contribution is 5.12. The molecule has 0 aromatic heterocycles. The lowest BCUT2D eigenvalue weighted by Crippen LogP contribution is -2.24. The van der Waals surface area contributed by atoms with E-state index in [0.717, 1.165) is 13.0 Å². The summed E-state index contributed by atoms with van der Waals surface area (Å²) < 4.78 is 5.78. The van der Waals surface area contributed by atoms with E-state index in [4.69, 9.17) is 4.74 Å². The first-order valence-corrected chi connectivity index (χ1v) is 6.65. The molecule has 16 heavy (non-hydrogen) atoms. The van der Waals surface area contributed by atoms with Crippen LogP contribution in [0.3, 0.4) is 0 Å². The highest BCUT2D eigenvalue weighted by atomic mass is 16.5. The third-order valence-electron chi connectivity index (χ3n) is 2.87. The molecule has 2 heteroatoms. The number of ether oxygens (including phenoxy) is 1. The summed E-state index contributed by atoms with van der Waals surface area (Å²) in [5.74, 6) is 0. The third kappa shape index (κ3) is 5.66. The van der Waals surface area contributed by atoms with Crippen LogP contribution in [0.1, 0.15) is 47.5 Å². The molecule has 96 valence electrons. The van der Waals surface area contributed by atoms with E-state index in [0.29, 0.717) is 12.2 Å². The van der Waals surface area contributed by atoms with Crippen molar-refractivity contribution in [3.8, 4) is 0 Å². The molecule has 1 aliphatic heterocycles.